The fraction of sp³-hybridized carbons (Fsp3) is 0.300. The maximum Gasteiger partial charge on any atom is 0.246 e. The first kappa shape index (κ1) is 11.6. The molecule has 3 nitrogen and oxygen atoms in total. The number of nitrogens with one attached hydrogen (secondary N) is 1. The highest BCUT2D eigenvalue weighted by Gasteiger charge is 2.23. The van der Waals surface area contributed by atoms with Crippen LogP contribution in [0, 0.1) is 5.82 Å². The van der Waals surface area contributed by atoms with Crippen LogP contribution >= 0.6 is 23.2 Å². The lowest BCUT2D eigenvalue weighted by Crippen LogP contribution is -2.38. The van der Waals surface area contributed by atoms with Crippen LogP contribution in [0.4, 0.5) is 4.39 Å². The Balaban J connectivity index is 2.26. The summed E-state index contributed by atoms with van der Waals surface area (Å²) < 4.78 is 18.5. The molecule has 0 saturated carbocycles. The molecule has 1 fully saturated rings. The second-order valence-electron chi connectivity index (χ2n) is 3.39. The molecule has 1 aliphatic heterocycles. The molecule has 2 rings (SSSR count). The van der Waals surface area contributed by atoms with Gasteiger partial charge in [0.25, 0.3) is 0 Å². The number of halogens is 3. The molecule has 1 aromatic carbocycles. The topological polar surface area (TPSA) is 38.3 Å². The molecule has 1 N–H and O–H groups in total. The Hall–Kier alpha value is -0.840. The zero-order chi connectivity index (χ0) is 11.7. The van der Waals surface area contributed by atoms with Crippen LogP contribution in [0.3, 0.4) is 0 Å². The van der Waals surface area contributed by atoms with Crippen LogP contribution in [0.25, 0.3) is 0 Å². The molecule has 1 saturated heterocycles. The highest BCUT2D eigenvalue weighted by atomic mass is 35.5. The van der Waals surface area contributed by atoms with E-state index in [2.05, 4.69) is 5.32 Å². The van der Waals surface area contributed by atoms with Crippen molar-refractivity contribution in [3.8, 4) is 0 Å². The van der Waals surface area contributed by atoms with Crippen molar-refractivity contribution in [2.75, 3.05) is 13.2 Å². The summed E-state index contributed by atoms with van der Waals surface area (Å²) in [4.78, 5) is 10.9. The van der Waals surface area contributed by atoms with Crippen molar-refractivity contribution >= 4 is 29.1 Å². The van der Waals surface area contributed by atoms with E-state index in [-0.39, 0.29) is 24.1 Å². The van der Waals surface area contributed by atoms with E-state index in [0.29, 0.717) is 10.6 Å². The van der Waals surface area contributed by atoms with Gasteiger partial charge in [-0.15, -0.1) is 0 Å². The van der Waals surface area contributed by atoms with Gasteiger partial charge in [-0.25, -0.2) is 4.39 Å². The van der Waals surface area contributed by atoms with Crippen LogP contribution < -0.4 is 5.32 Å². The van der Waals surface area contributed by atoms with Gasteiger partial charge in [0.05, 0.1) is 5.02 Å². The normalized spacial score (nSPS) is 20.7. The zero-order valence-electron chi connectivity index (χ0n) is 8.10. The SMILES string of the molecule is O=C1CO[C@H](c2cc(F)c(Cl)cc2Cl)CN1. The Morgan fingerprint density at radius 3 is 2.75 bits per heavy atom. The molecule has 1 heterocycles. The van der Waals surface area contributed by atoms with E-state index < -0.39 is 11.9 Å². The van der Waals surface area contributed by atoms with Gasteiger partial charge < -0.3 is 10.1 Å². The van der Waals surface area contributed by atoms with E-state index in [9.17, 15) is 9.18 Å². The fourth-order valence-electron chi connectivity index (χ4n) is 1.48. The first-order valence-corrected chi connectivity index (χ1v) is 5.36. The van der Waals surface area contributed by atoms with E-state index in [4.69, 9.17) is 27.9 Å². The molecule has 0 unspecified atom stereocenters. The van der Waals surface area contributed by atoms with E-state index in [1.165, 1.54) is 12.1 Å². The zero-order valence-corrected chi connectivity index (χ0v) is 9.61. The monoisotopic (exact) mass is 263 g/mol. The lowest BCUT2D eigenvalue weighted by molar-refractivity contribution is -0.133. The van der Waals surface area contributed by atoms with Gasteiger partial charge in [-0.2, -0.15) is 0 Å². The Bertz CT molecular complexity index is 429. The number of benzene rings is 1. The number of morpholine rings is 1. The Kier molecular flexibility index (Phi) is 3.33. The number of amides is 1. The third kappa shape index (κ3) is 2.29. The molecule has 1 aromatic rings. The average Bonchev–Trinajstić information content (AvgIpc) is 2.25. The van der Waals surface area contributed by atoms with Crippen LogP contribution in [-0.2, 0) is 9.53 Å². The Morgan fingerprint density at radius 1 is 1.38 bits per heavy atom. The van der Waals surface area contributed by atoms with E-state index in [0.717, 1.165) is 0 Å². The summed E-state index contributed by atoms with van der Waals surface area (Å²) in [6.45, 7) is 0.227. The van der Waals surface area contributed by atoms with Gasteiger partial charge in [0.2, 0.25) is 5.91 Å². The van der Waals surface area contributed by atoms with Crippen molar-refractivity contribution in [2.24, 2.45) is 0 Å². The summed E-state index contributed by atoms with van der Waals surface area (Å²) in [6.07, 6.45) is -0.433. The van der Waals surface area contributed by atoms with Gasteiger partial charge in [0, 0.05) is 17.1 Å². The second kappa shape index (κ2) is 4.57. The minimum atomic E-state index is -0.554. The Morgan fingerprint density at radius 2 is 2.12 bits per heavy atom. The van der Waals surface area contributed by atoms with E-state index in [1.807, 2.05) is 0 Å². The first-order chi connectivity index (χ1) is 7.58. The predicted molar refractivity (Wildman–Crippen MR) is 58.1 cm³/mol. The van der Waals surface area contributed by atoms with Crippen molar-refractivity contribution in [2.45, 2.75) is 6.10 Å². The molecule has 1 atom stereocenters. The molecule has 0 aromatic heterocycles. The van der Waals surface area contributed by atoms with Gasteiger partial charge in [0.15, 0.2) is 0 Å². The summed E-state index contributed by atoms with van der Waals surface area (Å²) in [5.74, 6) is -0.747. The fourth-order valence-corrected chi connectivity index (χ4v) is 1.98. The van der Waals surface area contributed by atoms with E-state index in [1.54, 1.807) is 0 Å². The first-order valence-electron chi connectivity index (χ1n) is 4.60. The number of hydrogen-bond donors (Lipinski definition) is 1. The molecular formula is C10H8Cl2FNO2. The standard InChI is InChI=1S/C10H8Cl2FNO2/c11-6-2-7(12)8(13)1-5(6)9-3-14-10(15)4-16-9/h1-2,9H,3-4H2,(H,14,15)/t9-/m0/s1. The summed E-state index contributed by atoms with van der Waals surface area (Å²) >= 11 is 11.5. The molecule has 6 heteroatoms. The Labute approximate surface area is 101 Å². The summed E-state index contributed by atoms with van der Waals surface area (Å²) in [5, 5.41) is 2.91. The number of carbonyl (C=O) groups excluding carboxylic acids is 1. The largest absolute Gasteiger partial charge is 0.362 e. The second-order valence-corrected chi connectivity index (χ2v) is 4.21. The van der Waals surface area contributed by atoms with Crippen molar-refractivity contribution in [1.82, 2.24) is 5.32 Å². The number of rotatable bonds is 1. The van der Waals surface area contributed by atoms with Crippen LogP contribution in [0.5, 0.6) is 0 Å². The summed E-state index contributed by atoms with van der Waals surface area (Å²) in [6, 6.07) is 2.56. The molecule has 0 bridgehead atoms. The predicted octanol–water partition coefficient (Wildman–Crippen LogP) is 2.32. The molecule has 0 spiro atoms. The van der Waals surface area contributed by atoms with Gasteiger partial charge in [-0.1, -0.05) is 23.2 Å². The number of carbonyl (C=O) groups is 1. The summed E-state index contributed by atoms with van der Waals surface area (Å²) in [5.41, 5.74) is 0.489. The van der Waals surface area contributed by atoms with Gasteiger partial charge in [-0.05, 0) is 12.1 Å². The maximum absolute atomic E-state index is 13.3. The smallest absolute Gasteiger partial charge is 0.246 e. The van der Waals surface area contributed by atoms with Crippen LogP contribution in [0.1, 0.15) is 11.7 Å². The number of ether oxygens (including phenoxy) is 1. The number of hydrogen-bond acceptors (Lipinski definition) is 2. The molecule has 0 radical (unpaired) electrons. The molecule has 16 heavy (non-hydrogen) atoms. The molecule has 1 aliphatic rings. The maximum atomic E-state index is 13.3. The highest BCUT2D eigenvalue weighted by Crippen LogP contribution is 2.30. The minimum absolute atomic E-state index is 0.0337. The van der Waals surface area contributed by atoms with Crippen LogP contribution in [0.2, 0.25) is 10.0 Å². The average molecular weight is 264 g/mol. The third-order valence-electron chi connectivity index (χ3n) is 2.29. The molecule has 1 amide bonds. The van der Waals surface area contributed by atoms with Gasteiger partial charge in [0.1, 0.15) is 18.5 Å². The lowest BCUT2D eigenvalue weighted by Gasteiger charge is -2.24. The highest BCUT2D eigenvalue weighted by molar-refractivity contribution is 6.35. The summed E-state index contributed by atoms with van der Waals surface area (Å²) in [7, 11) is 0. The third-order valence-corrected chi connectivity index (χ3v) is 2.90. The van der Waals surface area contributed by atoms with Crippen molar-refractivity contribution < 1.29 is 13.9 Å². The van der Waals surface area contributed by atoms with Crippen LogP contribution in [0.15, 0.2) is 12.1 Å². The van der Waals surface area contributed by atoms with E-state index >= 15 is 0 Å². The van der Waals surface area contributed by atoms with Gasteiger partial charge >= 0.3 is 0 Å². The molecular weight excluding hydrogens is 256 g/mol. The lowest BCUT2D eigenvalue weighted by atomic mass is 10.1. The molecule has 86 valence electrons. The van der Waals surface area contributed by atoms with Crippen molar-refractivity contribution in [3.05, 3.63) is 33.6 Å². The van der Waals surface area contributed by atoms with Crippen molar-refractivity contribution in [3.63, 3.8) is 0 Å². The van der Waals surface area contributed by atoms with Crippen molar-refractivity contribution in [1.29, 1.82) is 0 Å². The quantitative estimate of drug-likeness (QED) is 0.790. The van der Waals surface area contributed by atoms with Crippen LogP contribution in [-0.4, -0.2) is 19.1 Å². The minimum Gasteiger partial charge on any atom is -0.362 e. The molecule has 0 aliphatic carbocycles. The van der Waals surface area contributed by atoms with Gasteiger partial charge in [-0.3, -0.25) is 4.79 Å².